The fraction of sp³-hybridized carbons (Fsp3) is 0.360. The Balaban J connectivity index is 1.33. The Hall–Kier alpha value is -3.03. The zero-order chi connectivity index (χ0) is 22.6. The molecule has 1 fully saturated rings. The Bertz CT molecular complexity index is 1330. The van der Waals surface area contributed by atoms with Crippen LogP contribution in [0.5, 0.6) is 0 Å². The van der Waals surface area contributed by atoms with E-state index in [1.54, 1.807) is 12.4 Å². The molecule has 0 amide bonds. The summed E-state index contributed by atoms with van der Waals surface area (Å²) < 4.78 is 1.92. The highest BCUT2D eigenvalue weighted by Gasteiger charge is 2.41. The average molecular weight is 461 g/mol. The van der Waals surface area contributed by atoms with E-state index in [-0.39, 0.29) is 6.61 Å². The van der Waals surface area contributed by atoms with Gasteiger partial charge in [0.05, 0.1) is 34.9 Å². The minimum atomic E-state index is -0.214. The largest absolute Gasteiger partial charge is 0.390 e. The van der Waals surface area contributed by atoms with Crippen LogP contribution in [0.2, 0.25) is 5.02 Å². The average Bonchev–Trinajstić information content (AvgIpc) is 3.44. The number of rotatable bonds is 3. The van der Waals surface area contributed by atoms with Gasteiger partial charge in [-0.05, 0) is 61.8 Å². The molecule has 4 aromatic rings. The summed E-state index contributed by atoms with van der Waals surface area (Å²) in [6.07, 6.45) is 9.84. The van der Waals surface area contributed by atoms with Crippen molar-refractivity contribution in [3.63, 3.8) is 0 Å². The molecule has 5 heterocycles. The lowest BCUT2D eigenvalue weighted by Gasteiger charge is -2.40. The summed E-state index contributed by atoms with van der Waals surface area (Å²) in [5, 5.41) is 14.6. The molecule has 7 nitrogen and oxygen atoms in total. The van der Waals surface area contributed by atoms with Crippen molar-refractivity contribution in [2.45, 2.75) is 39.2 Å². The number of halogens is 1. The van der Waals surface area contributed by atoms with Crippen LogP contribution in [0.3, 0.4) is 0 Å². The second-order valence-electron chi connectivity index (χ2n) is 9.22. The van der Waals surface area contributed by atoms with Crippen LogP contribution in [-0.2, 0) is 19.4 Å². The minimum Gasteiger partial charge on any atom is -0.390 e. The van der Waals surface area contributed by atoms with E-state index < -0.39 is 0 Å². The second kappa shape index (κ2) is 7.78. The first-order valence-electron chi connectivity index (χ1n) is 11.4. The van der Waals surface area contributed by atoms with Gasteiger partial charge < -0.3 is 10.0 Å². The van der Waals surface area contributed by atoms with E-state index in [4.69, 9.17) is 16.6 Å². The first-order valence-corrected chi connectivity index (χ1v) is 11.7. The Kier molecular flexibility index (Phi) is 4.85. The molecule has 168 valence electrons. The van der Waals surface area contributed by atoms with Gasteiger partial charge in [0, 0.05) is 36.7 Å². The van der Waals surface area contributed by atoms with Crippen molar-refractivity contribution in [3.8, 4) is 11.3 Å². The monoisotopic (exact) mass is 460 g/mol. The van der Waals surface area contributed by atoms with Gasteiger partial charge in [0.2, 0.25) is 0 Å². The molecule has 1 aliphatic heterocycles. The zero-order valence-electron chi connectivity index (χ0n) is 18.5. The summed E-state index contributed by atoms with van der Waals surface area (Å²) in [6, 6.07) is 8.14. The topological polar surface area (TPSA) is 79.4 Å². The number of hydrogen-bond donors (Lipinski definition) is 1. The highest BCUT2D eigenvalue weighted by atomic mass is 35.5. The van der Waals surface area contributed by atoms with E-state index in [1.165, 1.54) is 11.3 Å². The van der Waals surface area contributed by atoms with Gasteiger partial charge in [-0.1, -0.05) is 17.7 Å². The van der Waals surface area contributed by atoms with Crippen molar-refractivity contribution in [1.29, 1.82) is 0 Å². The summed E-state index contributed by atoms with van der Waals surface area (Å²) in [7, 11) is 0. The normalized spacial score (nSPS) is 17.1. The number of hydrogen-bond acceptors (Lipinski definition) is 6. The maximum atomic E-state index is 9.60. The van der Waals surface area contributed by atoms with Gasteiger partial charge in [0.15, 0.2) is 5.82 Å². The number of pyridine rings is 2. The van der Waals surface area contributed by atoms with Crippen LogP contribution in [-0.4, -0.2) is 42.8 Å². The third-order valence-electron chi connectivity index (χ3n) is 7.28. The van der Waals surface area contributed by atoms with Gasteiger partial charge in [-0.15, -0.1) is 0 Å². The number of nitrogens with zero attached hydrogens (tertiary/aromatic N) is 6. The van der Waals surface area contributed by atoms with E-state index in [2.05, 4.69) is 32.1 Å². The van der Waals surface area contributed by atoms with Gasteiger partial charge in [-0.3, -0.25) is 9.97 Å². The molecule has 1 aliphatic carbocycles. The molecule has 0 aromatic carbocycles. The van der Waals surface area contributed by atoms with E-state index in [1.807, 2.05) is 29.8 Å². The van der Waals surface area contributed by atoms with Crippen LogP contribution in [0.1, 0.15) is 35.5 Å². The molecule has 2 aliphatic rings. The van der Waals surface area contributed by atoms with Gasteiger partial charge >= 0.3 is 0 Å². The van der Waals surface area contributed by atoms with Crippen molar-refractivity contribution in [3.05, 3.63) is 70.5 Å². The van der Waals surface area contributed by atoms with Gasteiger partial charge in [0.1, 0.15) is 5.52 Å². The molecule has 33 heavy (non-hydrogen) atoms. The molecule has 6 rings (SSSR count). The third-order valence-corrected chi connectivity index (χ3v) is 7.70. The summed E-state index contributed by atoms with van der Waals surface area (Å²) in [6.45, 7) is 3.70. The van der Waals surface area contributed by atoms with Crippen LogP contribution < -0.4 is 4.90 Å². The molecule has 0 radical (unpaired) electrons. The predicted molar refractivity (Wildman–Crippen MR) is 127 cm³/mol. The van der Waals surface area contributed by atoms with Gasteiger partial charge in [-0.25, -0.2) is 9.50 Å². The smallest absolute Gasteiger partial charge is 0.155 e. The first kappa shape index (κ1) is 20.6. The van der Waals surface area contributed by atoms with Crippen molar-refractivity contribution < 1.29 is 5.11 Å². The van der Waals surface area contributed by atoms with Gasteiger partial charge in [0.25, 0.3) is 0 Å². The molecule has 0 unspecified atom stereocenters. The lowest BCUT2D eigenvalue weighted by atomic mass is 9.76. The number of aryl methyl sites for hydroxylation is 1. The molecule has 1 saturated heterocycles. The minimum absolute atomic E-state index is 0.214. The third kappa shape index (κ3) is 3.30. The molecule has 0 atom stereocenters. The number of fused-ring (bicyclic) bond motifs is 2. The quantitative estimate of drug-likeness (QED) is 0.497. The van der Waals surface area contributed by atoms with Crippen LogP contribution in [0.15, 0.2) is 42.9 Å². The number of anilines is 1. The highest BCUT2D eigenvalue weighted by Crippen LogP contribution is 2.45. The van der Waals surface area contributed by atoms with Crippen LogP contribution in [0.25, 0.3) is 16.8 Å². The van der Waals surface area contributed by atoms with Crippen molar-refractivity contribution >= 4 is 22.9 Å². The fourth-order valence-corrected chi connectivity index (χ4v) is 5.82. The van der Waals surface area contributed by atoms with Crippen molar-refractivity contribution in [2.24, 2.45) is 5.41 Å². The number of aliphatic hydroxyl groups is 1. The standard InChI is InChI=1S/C25H25ClN6O/c1-16-23(18-4-9-28-20(15-33)22(18)26)32-21(5-10-29-32)24(30-16)31-11-6-25(7-12-31)13-17-3-2-8-27-19(17)14-25/h2-5,8-10,33H,6-7,11-15H2,1H3. The maximum absolute atomic E-state index is 9.60. The SMILES string of the molecule is Cc1nc(N2CCC3(CC2)Cc2cccnc2C3)c2ccnn2c1-c1ccnc(CO)c1Cl. The van der Waals surface area contributed by atoms with Crippen LogP contribution in [0.4, 0.5) is 5.82 Å². The predicted octanol–water partition coefficient (Wildman–Crippen LogP) is 4.03. The van der Waals surface area contributed by atoms with E-state index in [0.29, 0.717) is 16.1 Å². The van der Waals surface area contributed by atoms with Crippen LogP contribution in [0, 0.1) is 12.3 Å². The summed E-state index contributed by atoms with van der Waals surface area (Å²) >= 11 is 6.57. The Morgan fingerprint density at radius 1 is 1.06 bits per heavy atom. The Labute approximate surface area is 197 Å². The van der Waals surface area contributed by atoms with Crippen molar-refractivity contribution in [1.82, 2.24) is 24.6 Å². The van der Waals surface area contributed by atoms with E-state index in [9.17, 15) is 5.11 Å². The molecule has 0 bridgehead atoms. The second-order valence-corrected chi connectivity index (χ2v) is 9.60. The molecule has 4 aromatic heterocycles. The molecule has 8 heteroatoms. The summed E-state index contributed by atoms with van der Waals surface area (Å²) in [4.78, 5) is 16.2. The number of aliphatic hydroxyl groups excluding tert-OH is 1. The first-order chi connectivity index (χ1) is 16.1. The fourth-order valence-electron chi connectivity index (χ4n) is 5.55. The number of aromatic nitrogens is 5. The highest BCUT2D eigenvalue weighted by molar-refractivity contribution is 6.33. The van der Waals surface area contributed by atoms with E-state index >= 15 is 0 Å². The summed E-state index contributed by atoms with van der Waals surface area (Å²) in [5.74, 6) is 0.963. The Morgan fingerprint density at radius 3 is 2.70 bits per heavy atom. The Morgan fingerprint density at radius 2 is 1.91 bits per heavy atom. The number of piperidine rings is 1. The van der Waals surface area contributed by atoms with E-state index in [0.717, 1.165) is 67.1 Å². The zero-order valence-corrected chi connectivity index (χ0v) is 19.3. The summed E-state index contributed by atoms with van der Waals surface area (Å²) in [5.41, 5.74) is 6.87. The molecular weight excluding hydrogens is 436 g/mol. The maximum Gasteiger partial charge on any atom is 0.155 e. The molecular formula is C25H25ClN6O. The molecule has 1 spiro atoms. The molecule has 0 saturated carbocycles. The molecule has 1 N–H and O–H groups in total. The van der Waals surface area contributed by atoms with Crippen molar-refractivity contribution in [2.75, 3.05) is 18.0 Å². The lowest BCUT2D eigenvalue weighted by Crippen LogP contribution is -2.41. The van der Waals surface area contributed by atoms with Gasteiger partial charge in [-0.2, -0.15) is 5.10 Å². The van der Waals surface area contributed by atoms with Crippen LogP contribution >= 0.6 is 11.6 Å². The lowest BCUT2D eigenvalue weighted by molar-refractivity contribution is 0.231.